The van der Waals surface area contributed by atoms with E-state index in [1.54, 1.807) is 12.1 Å². The van der Waals surface area contributed by atoms with Crippen molar-refractivity contribution in [2.75, 3.05) is 19.3 Å². The third-order valence-corrected chi connectivity index (χ3v) is 5.14. The van der Waals surface area contributed by atoms with Gasteiger partial charge in [0.1, 0.15) is 5.82 Å². The van der Waals surface area contributed by atoms with Crippen LogP contribution in [-0.4, -0.2) is 24.2 Å². The molecule has 0 aromatic heterocycles. The molecule has 0 heterocycles. The average molecular weight is 295 g/mol. The highest BCUT2D eigenvalue weighted by Gasteiger charge is 2.30. The fraction of sp³-hybridized carbons (Fsp3) is 0.647. The van der Waals surface area contributed by atoms with Crippen LogP contribution in [0.4, 0.5) is 4.39 Å². The molecule has 1 aromatic carbocycles. The summed E-state index contributed by atoms with van der Waals surface area (Å²) < 4.78 is 12.9. The van der Waals surface area contributed by atoms with Crippen LogP contribution in [0, 0.1) is 11.2 Å². The zero-order valence-electron chi connectivity index (χ0n) is 12.4. The Morgan fingerprint density at radius 1 is 1.10 bits per heavy atom. The maximum Gasteiger partial charge on any atom is 0.123 e. The highest BCUT2D eigenvalue weighted by Crippen LogP contribution is 2.36. The molecular formula is C17H26FNS. The molecule has 1 nitrogen and oxygen atoms in total. The molecule has 1 aliphatic rings. The van der Waals surface area contributed by atoms with Crippen LogP contribution in [0.2, 0.25) is 0 Å². The van der Waals surface area contributed by atoms with E-state index < -0.39 is 0 Å². The minimum absolute atomic E-state index is 0.160. The van der Waals surface area contributed by atoms with Gasteiger partial charge in [-0.25, -0.2) is 4.39 Å². The molecule has 2 rings (SSSR count). The number of benzene rings is 1. The van der Waals surface area contributed by atoms with Crippen LogP contribution in [0.15, 0.2) is 24.3 Å². The summed E-state index contributed by atoms with van der Waals surface area (Å²) in [7, 11) is 2.17. The number of nitrogens with zero attached hydrogens (tertiary/aromatic N) is 1. The van der Waals surface area contributed by atoms with E-state index >= 15 is 0 Å². The van der Waals surface area contributed by atoms with Crippen molar-refractivity contribution in [2.45, 2.75) is 45.1 Å². The number of thiol groups is 1. The van der Waals surface area contributed by atoms with Gasteiger partial charge in [-0.05, 0) is 48.8 Å². The molecule has 112 valence electrons. The van der Waals surface area contributed by atoms with Gasteiger partial charge in [0.25, 0.3) is 0 Å². The van der Waals surface area contributed by atoms with Gasteiger partial charge < -0.3 is 4.90 Å². The van der Waals surface area contributed by atoms with Crippen molar-refractivity contribution in [3.63, 3.8) is 0 Å². The zero-order chi connectivity index (χ0) is 14.4. The van der Waals surface area contributed by atoms with Gasteiger partial charge in [0.05, 0.1) is 0 Å². The molecule has 1 aromatic rings. The molecule has 0 spiro atoms. The Hall–Kier alpha value is -0.540. The van der Waals surface area contributed by atoms with Crippen molar-refractivity contribution >= 4 is 12.6 Å². The van der Waals surface area contributed by atoms with Gasteiger partial charge in [0.2, 0.25) is 0 Å². The number of halogens is 1. The van der Waals surface area contributed by atoms with Gasteiger partial charge in [0, 0.05) is 13.1 Å². The minimum atomic E-state index is -0.160. The molecule has 0 amide bonds. The molecule has 0 aliphatic heterocycles. The Labute approximate surface area is 128 Å². The fourth-order valence-electron chi connectivity index (χ4n) is 3.37. The van der Waals surface area contributed by atoms with Gasteiger partial charge in [0.15, 0.2) is 0 Å². The van der Waals surface area contributed by atoms with Crippen molar-refractivity contribution in [1.29, 1.82) is 0 Å². The first-order valence-electron chi connectivity index (χ1n) is 7.67. The Morgan fingerprint density at radius 3 is 2.25 bits per heavy atom. The summed E-state index contributed by atoms with van der Waals surface area (Å²) in [5, 5.41) is 0. The fourth-order valence-corrected chi connectivity index (χ4v) is 3.79. The molecule has 1 saturated carbocycles. The van der Waals surface area contributed by atoms with Gasteiger partial charge in [-0.2, -0.15) is 12.6 Å². The number of rotatable bonds is 5. The van der Waals surface area contributed by atoms with E-state index in [0.717, 1.165) is 18.8 Å². The van der Waals surface area contributed by atoms with E-state index in [9.17, 15) is 4.39 Å². The summed E-state index contributed by atoms with van der Waals surface area (Å²) >= 11 is 4.64. The monoisotopic (exact) mass is 295 g/mol. The Kier molecular flexibility index (Phi) is 5.91. The second kappa shape index (κ2) is 7.46. The second-order valence-corrected chi connectivity index (χ2v) is 6.69. The molecule has 0 atom stereocenters. The first-order valence-corrected chi connectivity index (χ1v) is 8.31. The summed E-state index contributed by atoms with van der Waals surface area (Å²) in [5.41, 5.74) is 1.55. The van der Waals surface area contributed by atoms with Crippen molar-refractivity contribution in [2.24, 2.45) is 5.41 Å². The van der Waals surface area contributed by atoms with Gasteiger partial charge in [-0.3, -0.25) is 0 Å². The highest BCUT2D eigenvalue weighted by atomic mass is 32.1. The molecule has 0 bridgehead atoms. The molecule has 1 aliphatic carbocycles. The van der Waals surface area contributed by atoms with Crippen LogP contribution in [0.3, 0.4) is 0 Å². The molecule has 3 heteroatoms. The topological polar surface area (TPSA) is 3.24 Å². The Bertz CT molecular complexity index is 396. The van der Waals surface area contributed by atoms with Crippen molar-refractivity contribution in [3.05, 3.63) is 35.6 Å². The average Bonchev–Trinajstić information content (AvgIpc) is 2.67. The van der Waals surface area contributed by atoms with E-state index in [1.807, 2.05) is 12.1 Å². The molecule has 0 saturated heterocycles. The minimum Gasteiger partial charge on any atom is -0.302 e. The summed E-state index contributed by atoms with van der Waals surface area (Å²) in [4.78, 5) is 2.37. The lowest BCUT2D eigenvalue weighted by molar-refractivity contribution is 0.170. The van der Waals surface area contributed by atoms with Crippen LogP contribution in [0.25, 0.3) is 0 Å². The maximum atomic E-state index is 12.9. The third-order valence-electron chi connectivity index (χ3n) is 4.47. The summed E-state index contributed by atoms with van der Waals surface area (Å²) in [6, 6.07) is 6.85. The van der Waals surface area contributed by atoms with Crippen LogP contribution in [0.1, 0.15) is 44.1 Å². The molecule has 20 heavy (non-hydrogen) atoms. The van der Waals surface area contributed by atoms with Crippen LogP contribution >= 0.6 is 12.6 Å². The lowest BCUT2D eigenvalue weighted by Crippen LogP contribution is -2.36. The van der Waals surface area contributed by atoms with E-state index in [-0.39, 0.29) is 5.82 Å². The zero-order valence-corrected chi connectivity index (χ0v) is 13.3. The van der Waals surface area contributed by atoms with Crippen LogP contribution in [0.5, 0.6) is 0 Å². The smallest absolute Gasteiger partial charge is 0.123 e. The number of hydrogen-bond acceptors (Lipinski definition) is 2. The lowest BCUT2D eigenvalue weighted by Gasteiger charge is -2.35. The first-order chi connectivity index (χ1) is 9.63. The van der Waals surface area contributed by atoms with Crippen molar-refractivity contribution in [1.82, 2.24) is 4.90 Å². The van der Waals surface area contributed by atoms with Gasteiger partial charge in [-0.1, -0.05) is 37.8 Å². The SMILES string of the molecule is CN(Cc1ccc(F)cc1)CC1(CS)CCCCCC1. The van der Waals surface area contributed by atoms with Gasteiger partial charge in [-0.15, -0.1) is 0 Å². The summed E-state index contributed by atoms with van der Waals surface area (Å²) in [6.45, 7) is 1.98. The predicted molar refractivity (Wildman–Crippen MR) is 86.7 cm³/mol. The largest absolute Gasteiger partial charge is 0.302 e. The van der Waals surface area contributed by atoms with E-state index in [1.165, 1.54) is 44.1 Å². The van der Waals surface area contributed by atoms with E-state index in [2.05, 4.69) is 24.6 Å². The lowest BCUT2D eigenvalue weighted by atomic mass is 9.81. The molecule has 0 N–H and O–H groups in total. The third kappa shape index (κ3) is 4.49. The van der Waals surface area contributed by atoms with Crippen molar-refractivity contribution in [3.8, 4) is 0 Å². The van der Waals surface area contributed by atoms with E-state index in [0.29, 0.717) is 5.41 Å². The molecule has 0 unspecified atom stereocenters. The highest BCUT2D eigenvalue weighted by molar-refractivity contribution is 7.80. The quantitative estimate of drug-likeness (QED) is 0.617. The normalized spacial score (nSPS) is 19.0. The van der Waals surface area contributed by atoms with Crippen molar-refractivity contribution < 1.29 is 4.39 Å². The molecule has 0 radical (unpaired) electrons. The number of hydrogen-bond donors (Lipinski definition) is 1. The van der Waals surface area contributed by atoms with E-state index in [4.69, 9.17) is 0 Å². The second-order valence-electron chi connectivity index (χ2n) is 6.37. The Morgan fingerprint density at radius 2 is 1.70 bits per heavy atom. The predicted octanol–water partition coefficient (Wildman–Crippen LogP) is 4.53. The van der Waals surface area contributed by atoms with Gasteiger partial charge >= 0.3 is 0 Å². The summed E-state index contributed by atoms with van der Waals surface area (Å²) in [5.74, 6) is 0.813. The molecule has 1 fully saturated rings. The maximum absolute atomic E-state index is 12.9. The standard InChI is InChI=1S/C17H26FNS/c1-19(12-15-6-8-16(18)9-7-15)13-17(14-20)10-4-2-3-5-11-17/h6-9,20H,2-5,10-14H2,1H3. The van der Waals surface area contributed by atoms with Crippen LogP contribution in [-0.2, 0) is 6.54 Å². The summed E-state index contributed by atoms with van der Waals surface area (Å²) in [6.07, 6.45) is 8.01. The Balaban J connectivity index is 1.94. The molecular weight excluding hydrogens is 269 g/mol. The first kappa shape index (κ1) is 15.8. The van der Waals surface area contributed by atoms with Crippen LogP contribution < -0.4 is 0 Å².